The fourth-order valence-corrected chi connectivity index (χ4v) is 2.40. The van der Waals surface area contributed by atoms with Gasteiger partial charge < -0.3 is 4.74 Å². The molecule has 1 rings (SSSR count). The van der Waals surface area contributed by atoms with Gasteiger partial charge in [0, 0.05) is 17.1 Å². The van der Waals surface area contributed by atoms with Gasteiger partial charge in [-0.15, -0.1) is 0 Å². The highest BCUT2D eigenvalue weighted by atomic mass is 35.7. The van der Waals surface area contributed by atoms with Gasteiger partial charge >= 0.3 is 0 Å². The Morgan fingerprint density at radius 3 is 2.62 bits per heavy atom. The van der Waals surface area contributed by atoms with Crippen LogP contribution in [0.3, 0.4) is 0 Å². The van der Waals surface area contributed by atoms with Gasteiger partial charge in [0.2, 0.25) is 9.05 Å². The zero-order valence-electron chi connectivity index (χ0n) is 6.83. The Bertz CT molecular complexity index is 356. The second-order valence-electron chi connectivity index (χ2n) is 2.55. The number of methoxy groups -OCH3 is 1. The van der Waals surface area contributed by atoms with Crippen LogP contribution >= 0.6 is 22.3 Å². The van der Waals surface area contributed by atoms with Gasteiger partial charge in [0.1, 0.15) is 5.76 Å². The normalized spacial score (nSPS) is 23.5. The molecule has 0 amide bonds. The van der Waals surface area contributed by atoms with Crippen molar-refractivity contribution in [3.05, 3.63) is 22.9 Å². The van der Waals surface area contributed by atoms with Crippen LogP contribution in [-0.2, 0) is 13.8 Å². The molecule has 0 aliphatic heterocycles. The average molecular weight is 243 g/mol. The molecule has 0 aromatic heterocycles. The molecule has 0 aromatic rings. The lowest BCUT2D eigenvalue weighted by Gasteiger charge is -2.15. The Kier molecular flexibility index (Phi) is 3.27. The zero-order valence-corrected chi connectivity index (χ0v) is 9.16. The molecule has 6 heteroatoms. The van der Waals surface area contributed by atoms with Crippen molar-refractivity contribution < 1.29 is 13.2 Å². The fourth-order valence-electron chi connectivity index (χ4n) is 1.00. The van der Waals surface area contributed by atoms with Crippen LogP contribution in [0, 0.1) is 0 Å². The van der Waals surface area contributed by atoms with Crippen LogP contribution in [0.2, 0.25) is 0 Å². The van der Waals surface area contributed by atoms with Gasteiger partial charge in [0.25, 0.3) is 0 Å². The van der Waals surface area contributed by atoms with E-state index in [-0.39, 0.29) is 6.42 Å². The van der Waals surface area contributed by atoms with Crippen molar-refractivity contribution >= 4 is 31.3 Å². The Hall–Kier alpha value is -0.190. The van der Waals surface area contributed by atoms with Crippen molar-refractivity contribution in [1.82, 2.24) is 0 Å². The first-order valence-corrected chi connectivity index (χ1v) is 6.24. The lowest BCUT2D eigenvalue weighted by molar-refractivity contribution is 0.302. The molecule has 3 nitrogen and oxygen atoms in total. The van der Waals surface area contributed by atoms with Gasteiger partial charge in [0.05, 0.1) is 17.4 Å². The SMILES string of the molecule is COC1=C(Cl)CC(S(=O)(=O)Cl)C=C1. The quantitative estimate of drug-likeness (QED) is 0.696. The molecule has 1 aliphatic carbocycles. The predicted molar refractivity (Wildman–Crippen MR) is 52.2 cm³/mol. The average Bonchev–Trinajstić information content (AvgIpc) is 2.02. The summed E-state index contributed by atoms with van der Waals surface area (Å²) in [6.45, 7) is 0. The molecule has 0 saturated heterocycles. The van der Waals surface area contributed by atoms with E-state index >= 15 is 0 Å². The van der Waals surface area contributed by atoms with E-state index in [0.29, 0.717) is 10.8 Å². The van der Waals surface area contributed by atoms with E-state index in [4.69, 9.17) is 27.0 Å². The van der Waals surface area contributed by atoms with Crippen LogP contribution in [-0.4, -0.2) is 20.8 Å². The van der Waals surface area contributed by atoms with Crippen molar-refractivity contribution in [3.8, 4) is 0 Å². The van der Waals surface area contributed by atoms with E-state index in [2.05, 4.69) is 0 Å². The molecular weight excluding hydrogens is 235 g/mol. The first-order chi connectivity index (χ1) is 5.95. The molecule has 0 radical (unpaired) electrons. The van der Waals surface area contributed by atoms with E-state index in [1.165, 1.54) is 19.3 Å². The van der Waals surface area contributed by atoms with Crippen molar-refractivity contribution in [1.29, 1.82) is 0 Å². The van der Waals surface area contributed by atoms with Crippen LogP contribution < -0.4 is 0 Å². The molecule has 0 saturated carbocycles. The van der Waals surface area contributed by atoms with Gasteiger partial charge in [-0.25, -0.2) is 8.42 Å². The Morgan fingerprint density at radius 1 is 1.62 bits per heavy atom. The molecule has 0 fully saturated rings. The van der Waals surface area contributed by atoms with Gasteiger partial charge in [-0.1, -0.05) is 17.7 Å². The molecule has 1 unspecified atom stereocenters. The summed E-state index contributed by atoms with van der Waals surface area (Å²) >= 11 is 5.76. The lowest BCUT2D eigenvalue weighted by Crippen LogP contribution is -2.16. The third-order valence-electron chi connectivity index (χ3n) is 1.69. The molecule has 1 atom stereocenters. The third kappa shape index (κ3) is 2.62. The molecule has 74 valence electrons. The zero-order chi connectivity index (χ0) is 10.1. The van der Waals surface area contributed by atoms with E-state index in [9.17, 15) is 8.42 Å². The molecule has 0 aromatic carbocycles. The maximum atomic E-state index is 10.9. The first kappa shape index (κ1) is 10.9. The number of hydrogen-bond acceptors (Lipinski definition) is 3. The van der Waals surface area contributed by atoms with E-state index in [0.717, 1.165) is 0 Å². The van der Waals surface area contributed by atoms with Gasteiger partial charge in [-0.05, 0) is 6.08 Å². The molecule has 0 bridgehead atoms. The Morgan fingerprint density at radius 2 is 2.23 bits per heavy atom. The van der Waals surface area contributed by atoms with E-state index in [1.54, 1.807) is 0 Å². The molecular formula is C7H8Cl2O3S. The second kappa shape index (κ2) is 3.90. The lowest BCUT2D eigenvalue weighted by atomic mass is 10.1. The van der Waals surface area contributed by atoms with E-state index < -0.39 is 14.3 Å². The van der Waals surface area contributed by atoms with Crippen molar-refractivity contribution in [2.45, 2.75) is 11.7 Å². The summed E-state index contributed by atoms with van der Waals surface area (Å²) in [4.78, 5) is 0. The summed E-state index contributed by atoms with van der Waals surface area (Å²) in [6.07, 6.45) is 3.15. The molecule has 13 heavy (non-hydrogen) atoms. The maximum absolute atomic E-state index is 10.9. The van der Waals surface area contributed by atoms with Crippen LogP contribution in [0.1, 0.15) is 6.42 Å². The second-order valence-corrected chi connectivity index (χ2v) is 5.85. The maximum Gasteiger partial charge on any atom is 0.239 e. The van der Waals surface area contributed by atoms with Crippen molar-refractivity contribution in [2.24, 2.45) is 0 Å². The van der Waals surface area contributed by atoms with Gasteiger partial charge in [-0.3, -0.25) is 0 Å². The minimum atomic E-state index is -3.58. The van der Waals surface area contributed by atoms with Gasteiger partial charge in [0.15, 0.2) is 0 Å². The smallest absolute Gasteiger partial charge is 0.239 e. The summed E-state index contributed by atoms with van der Waals surface area (Å²) < 4.78 is 26.7. The minimum absolute atomic E-state index is 0.174. The van der Waals surface area contributed by atoms with Crippen LogP contribution in [0.15, 0.2) is 22.9 Å². The third-order valence-corrected chi connectivity index (χ3v) is 3.77. The Balaban J connectivity index is 2.88. The number of hydrogen-bond donors (Lipinski definition) is 0. The van der Waals surface area contributed by atoms with E-state index in [1.807, 2.05) is 0 Å². The number of ether oxygens (including phenoxy) is 1. The predicted octanol–water partition coefficient (Wildman–Crippen LogP) is 1.98. The highest BCUT2D eigenvalue weighted by molar-refractivity contribution is 8.14. The highest BCUT2D eigenvalue weighted by Gasteiger charge is 2.25. The largest absolute Gasteiger partial charge is 0.496 e. The van der Waals surface area contributed by atoms with Gasteiger partial charge in [-0.2, -0.15) is 0 Å². The van der Waals surface area contributed by atoms with Crippen LogP contribution in [0.4, 0.5) is 0 Å². The molecule has 0 heterocycles. The molecule has 1 aliphatic rings. The van der Waals surface area contributed by atoms with Crippen LogP contribution in [0.5, 0.6) is 0 Å². The standard InChI is InChI=1S/C7H8Cl2O3S/c1-12-7-3-2-5(4-6(7)8)13(9,10)11/h2-3,5H,4H2,1H3. The summed E-state index contributed by atoms with van der Waals surface area (Å²) in [7, 11) is 3.06. The summed E-state index contributed by atoms with van der Waals surface area (Å²) in [5.41, 5.74) is 0. The summed E-state index contributed by atoms with van der Waals surface area (Å²) in [5, 5.41) is -0.375. The fraction of sp³-hybridized carbons (Fsp3) is 0.429. The number of rotatable bonds is 2. The Labute approximate surface area is 86.4 Å². The topological polar surface area (TPSA) is 43.4 Å². The van der Waals surface area contributed by atoms with Crippen molar-refractivity contribution in [2.75, 3.05) is 7.11 Å². The summed E-state index contributed by atoms with van der Waals surface area (Å²) in [5.74, 6) is 0.484. The summed E-state index contributed by atoms with van der Waals surface area (Å²) in [6, 6.07) is 0. The van der Waals surface area contributed by atoms with Crippen LogP contribution in [0.25, 0.3) is 0 Å². The molecule has 0 N–H and O–H groups in total. The first-order valence-electron chi connectivity index (χ1n) is 3.49. The molecule has 0 spiro atoms. The monoisotopic (exact) mass is 242 g/mol. The minimum Gasteiger partial charge on any atom is -0.496 e. The number of halogens is 2. The number of allylic oxidation sites excluding steroid dienone is 2. The highest BCUT2D eigenvalue weighted by Crippen LogP contribution is 2.28. The van der Waals surface area contributed by atoms with Crippen molar-refractivity contribution in [3.63, 3.8) is 0 Å².